The topological polar surface area (TPSA) is 61.6 Å². The third-order valence-corrected chi connectivity index (χ3v) is 4.00. The molecule has 1 aliphatic carbocycles. The Hall–Kier alpha value is -2.07. The van der Waals surface area contributed by atoms with Crippen LogP contribution < -0.4 is 15.2 Å². The van der Waals surface area contributed by atoms with Crippen LogP contribution in [-0.2, 0) is 4.79 Å². The van der Waals surface area contributed by atoms with Crippen LogP contribution in [0, 0.1) is 0 Å². The molecule has 0 spiro atoms. The van der Waals surface area contributed by atoms with Gasteiger partial charge >= 0.3 is 0 Å². The quantitative estimate of drug-likeness (QED) is 0.903. The van der Waals surface area contributed by atoms with E-state index in [2.05, 4.69) is 6.58 Å². The maximum Gasteiger partial charge on any atom is 0.231 e. The van der Waals surface area contributed by atoms with Gasteiger partial charge < -0.3 is 15.2 Å². The number of benzene rings is 1. The number of allylic oxidation sites excluding steroid dienone is 2. The largest absolute Gasteiger partial charge is 0.454 e. The molecule has 0 saturated heterocycles. The fourth-order valence-corrected chi connectivity index (χ4v) is 2.96. The van der Waals surface area contributed by atoms with Gasteiger partial charge in [0.25, 0.3) is 0 Å². The number of Topliss-reactive ketones (excluding diaryl/α,β-unsaturated/α-hetero) is 1. The standard InChI is InChI=1S/C17H19NO3/c1-2-11-8-15-16(21-10-20-15)9-13(11)17-12(4-3-7-18)5-6-14(17)19/h2,8-9H,1,3-7,10,18H2. The summed E-state index contributed by atoms with van der Waals surface area (Å²) in [6.07, 6.45) is 4.96. The SMILES string of the molecule is C=Cc1cc2c(cc1C1=C(CCCN)CCC1=O)OCO2. The van der Waals surface area contributed by atoms with Crippen LogP contribution in [0.4, 0.5) is 0 Å². The molecule has 1 aromatic rings. The van der Waals surface area contributed by atoms with Crippen molar-refractivity contribution in [3.8, 4) is 11.5 Å². The van der Waals surface area contributed by atoms with Gasteiger partial charge in [-0.3, -0.25) is 4.79 Å². The molecular formula is C17H19NO3. The molecule has 0 bridgehead atoms. The molecule has 0 aromatic heterocycles. The summed E-state index contributed by atoms with van der Waals surface area (Å²) in [5, 5.41) is 0. The highest BCUT2D eigenvalue weighted by molar-refractivity contribution is 6.24. The van der Waals surface area contributed by atoms with Crippen molar-refractivity contribution in [1.82, 2.24) is 0 Å². The third-order valence-electron chi connectivity index (χ3n) is 4.00. The van der Waals surface area contributed by atoms with E-state index in [0.29, 0.717) is 24.5 Å². The van der Waals surface area contributed by atoms with E-state index in [0.717, 1.165) is 36.0 Å². The lowest BCUT2D eigenvalue weighted by molar-refractivity contribution is -0.113. The van der Waals surface area contributed by atoms with Crippen molar-refractivity contribution in [2.75, 3.05) is 13.3 Å². The van der Waals surface area contributed by atoms with E-state index in [1.807, 2.05) is 12.1 Å². The molecule has 21 heavy (non-hydrogen) atoms. The van der Waals surface area contributed by atoms with Crippen molar-refractivity contribution in [1.29, 1.82) is 0 Å². The van der Waals surface area contributed by atoms with Crippen molar-refractivity contribution < 1.29 is 14.3 Å². The normalized spacial score (nSPS) is 16.7. The van der Waals surface area contributed by atoms with Crippen LogP contribution in [0.5, 0.6) is 11.5 Å². The third kappa shape index (κ3) is 2.47. The first-order valence-electron chi connectivity index (χ1n) is 7.26. The fourth-order valence-electron chi connectivity index (χ4n) is 2.96. The van der Waals surface area contributed by atoms with E-state index in [-0.39, 0.29) is 12.6 Å². The first kappa shape index (κ1) is 13.9. The number of carbonyl (C=O) groups is 1. The molecule has 4 nitrogen and oxygen atoms in total. The average Bonchev–Trinajstić information content (AvgIpc) is 3.09. The molecule has 0 radical (unpaired) electrons. The van der Waals surface area contributed by atoms with Crippen molar-refractivity contribution in [3.05, 3.63) is 35.4 Å². The zero-order valence-electron chi connectivity index (χ0n) is 12.0. The predicted molar refractivity (Wildman–Crippen MR) is 82.1 cm³/mol. The Morgan fingerprint density at radius 1 is 1.24 bits per heavy atom. The van der Waals surface area contributed by atoms with Crippen molar-refractivity contribution >= 4 is 17.4 Å². The van der Waals surface area contributed by atoms with Gasteiger partial charge in [-0.1, -0.05) is 18.2 Å². The zero-order chi connectivity index (χ0) is 14.8. The van der Waals surface area contributed by atoms with Gasteiger partial charge in [0.15, 0.2) is 17.3 Å². The van der Waals surface area contributed by atoms with Crippen LogP contribution in [0.2, 0.25) is 0 Å². The van der Waals surface area contributed by atoms with Crippen LogP contribution in [0.1, 0.15) is 36.8 Å². The molecule has 1 aliphatic heterocycles. The van der Waals surface area contributed by atoms with Crippen LogP contribution in [0.3, 0.4) is 0 Å². The van der Waals surface area contributed by atoms with Gasteiger partial charge in [-0.25, -0.2) is 0 Å². The maximum absolute atomic E-state index is 12.3. The number of hydrogen-bond acceptors (Lipinski definition) is 4. The first-order valence-corrected chi connectivity index (χ1v) is 7.26. The second-order valence-electron chi connectivity index (χ2n) is 5.29. The minimum absolute atomic E-state index is 0.198. The van der Waals surface area contributed by atoms with Crippen LogP contribution in [-0.4, -0.2) is 19.1 Å². The molecule has 0 unspecified atom stereocenters. The zero-order valence-corrected chi connectivity index (χ0v) is 12.0. The minimum atomic E-state index is 0.198. The molecule has 0 saturated carbocycles. The van der Waals surface area contributed by atoms with Gasteiger partial charge in [-0.2, -0.15) is 0 Å². The Labute approximate surface area is 124 Å². The molecule has 0 fully saturated rings. The number of hydrogen-bond donors (Lipinski definition) is 1. The number of ketones is 1. The molecule has 1 aromatic carbocycles. The number of ether oxygens (including phenoxy) is 2. The van der Waals surface area contributed by atoms with Gasteiger partial charge in [0.2, 0.25) is 6.79 Å². The smallest absolute Gasteiger partial charge is 0.231 e. The van der Waals surface area contributed by atoms with E-state index >= 15 is 0 Å². The molecular weight excluding hydrogens is 266 g/mol. The first-order chi connectivity index (χ1) is 10.2. The monoisotopic (exact) mass is 285 g/mol. The van der Waals surface area contributed by atoms with Crippen LogP contribution in [0.25, 0.3) is 11.6 Å². The Bertz CT molecular complexity index is 631. The van der Waals surface area contributed by atoms with Gasteiger partial charge in [0.05, 0.1) is 0 Å². The Balaban J connectivity index is 2.09. The lowest BCUT2D eigenvalue weighted by Crippen LogP contribution is -2.01. The molecule has 3 rings (SSSR count). The molecule has 1 heterocycles. The van der Waals surface area contributed by atoms with Crippen molar-refractivity contribution in [2.24, 2.45) is 5.73 Å². The summed E-state index contributed by atoms with van der Waals surface area (Å²) in [5.74, 6) is 1.60. The summed E-state index contributed by atoms with van der Waals surface area (Å²) in [7, 11) is 0. The Morgan fingerprint density at radius 2 is 2.00 bits per heavy atom. The lowest BCUT2D eigenvalue weighted by Gasteiger charge is -2.11. The molecule has 2 aliphatic rings. The van der Waals surface area contributed by atoms with E-state index in [1.165, 1.54) is 5.57 Å². The summed E-state index contributed by atoms with van der Waals surface area (Å²) in [4.78, 5) is 12.3. The van der Waals surface area contributed by atoms with Gasteiger partial charge in [0, 0.05) is 12.0 Å². The minimum Gasteiger partial charge on any atom is -0.454 e. The van der Waals surface area contributed by atoms with Gasteiger partial charge in [0.1, 0.15) is 0 Å². The summed E-state index contributed by atoms with van der Waals surface area (Å²) in [6, 6.07) is 3.80. The molecule has 0 atom stereocenters. The summed E-state index contributed by atoms with van der Waals surface area (Å²) >= 11 is 0. The van der Waals surface area contributed by atoms with Crippen LogP contribution >= 0.6 is 0 Å². The predicted octanol–water partition coefficient (Wildman–Crippen LogP) is 2.91. The second kappa shape index (κ2) is 5.74. The van der Waals surface area contributed by atoms with E-state index in [9.17, 15) is 4.79 Å². The number of fused-ring (bicyclic) bond motifs is 1. The van der Waals surface area contributed by atoms with E-state index < -0.39 is 0 Å². The highest BCUT2D eigenvalue weighted by Gasteiger charge is 2.27. The molecule has 110 valence electrons. The maximum atomic E-state index is 12.3. The van der Waals surface area contributed by atoms with Crippen LogP contribution in [0.15, 0.2) is 24.3 Å². The lowest BCUT2D eigenvalue weighted by atomic mass is 9.94. The fraction of sp³-hybridized carbons (Fsp3) is 0.353. The summed E-state index contributed by atoms with van der Waals surface area (Å²) in [5.41, 5.74) is 9.44. The molecule has 2 N–H and O–H groups in total. The summed E-state index contributed by atoms with van der Waals surface area (Å²) in [6.45, 7) is 4.71. The van der Waals surface area contributed by atoms with E-state index in [4.69, 9.17) is 15.2 Å². The average molecular weight is 285 g/mol. The number of rotatable bonds is 5. The number of nitrogens with two attached hydrogens (primary N) is 1. The highest BCUT2D eigenvalue weighted by Crippen LogP contribution is 2.41. The molecule has 0 amide bonds. The highest BCUT2D eigenvalue weighted by atomic mass is 16.7. The number of carbonyl (C=O) groups excluding carboxylic acids is 1. The van der Waals surface area contributed by atoms with E-state index in [1.54, 1.807) is 6.08 Å². The Morgan fingerprint density at radius 3 is 2.71 bits per heavy atom. The van der Waals surface area contributed by atoms with Crippen molar-refractivity contribution in [3.63, 3.8) is 0 Å². The molecule has 4 heteroatoms. The van der Waals surface area contributed by atoms with Gasteiger partial charge in [-0.15, -0.1) is 0 Å². The second-order valence-corrected chi connectivity index (χ2v) is 5.29. The summed E-state index contributed by atoms with van der Waals surface area (Å²) < 4.78 is 10.8. The Kier molecular flexibility index (Phi) is 3.80. The van der Waals surface area contributed by atoms with Gasteiger partial charge in [-0.05, 0) is 49.1 Å². The van der Waals surface area contributed by atoms with Crippen molar-refractivity contribution in [2.45, 2.75) is 25.7 Å².